The number of amides is 1. The van der Waals surface area contributed by atoms with Crippen LogP contribution in [0.4, 0.5) is 0 Å². The van der Waals surface area contributed by atoms with Crippen LogP contribution in [0.15, 0.2) is 24.5 Å². The minimum Gasteiger partial charge on any atom is -0.352 e. The van der Waals surface area contributed by atoms with Gasteiger partial charge in [0.1, 0.15) is 0 Å². The highest BCUT2D eigenvalue weighted by atomic mass is 16.1. The zero-order valence-corrected chi connectivity index (χ0v) is 7.90. The SMILES string of the molecule is C.CC(C)C(NC=O)c1cccnc1. The molecule has 3 heteroatoms. The van der Waals surface area contributed by atoms with Gasteiger partial charge in [0, 0.05) is 12.4 Å². The van der Waals surface area contributed by atoms with Gasteiger partial charge in [-0.05, 0) is 17.5 Å². The van der Waals surface area contributed by atoms with Crippen LogP contribution in [0.3, 0.4) is 0 Å². The molecule has 0 aliphatic carbocycles. The van der Waals surface area contributed by atoms with E-state index < -0.39 is 0 Å². The van der Waals surface area contributed by atoms with Crippen molar-refractivity contribution in [2.75, 3.05) is 0 Å². The predicted molar refractivity (Wildman–Crippen MR) is 57.7 cm³/mol. The third-order valence-electron chi connectivity index (χ3n) is 1.96. The summed E-state index contributed by atoms with van der Waals surface area (Å²) in [7, 11) is 0. The highest BCUT2D eigenvalue weighted by Crippen LogP contribution is 2.19. The third kappa shape index (κ3) is 3.17. The summed E-state index contributed by atoms with van der Waals surface area (Å²) in [6.07, 6.45) is 4.24. The van der Waals surface area contributed by atoms with E-state index >= 15 is 0 Å². The van der Waals surface area contributed by atoms with Crippen LogP contribution in [0.2, 0.25) is 0 Å². The Morgan fingerprint density at radius 1 is 1.50 bits per heavy atom. The summed E-state index contributed by atoms with van der Waals surface area (Å²) in [4.78, 5) is 14.4. The lowest BCUT2D eigenvalue weighted by Gasteiger charge is -2.19. The van der Waals surface area contributed by atoms with Crippen LogP contribution in [0, 0.1) is 5.92 Å². The topological polar surface area (TPSA) is 42.0 Å². The van der Waals surface area contributed by atoms with Gasteiger partial charge in [0.05, 0.1) is 6.04 Å². The van der Waals surface area contributed by atoms with Gasteiger partial charge in [-0.25, -0.2) is 0 Å². The molecule has 0 saturated carbocycles. The molecule has 1 N–H and O–H groups in total. The molecule has 0 fully saturated rings. The van der Waals surface area contributed by atoms with Crippen molar-refractivity contribution in [2.45, 2.75) is 27.3 Å². The fraction of sp³-hybridized carbons (Fsp3) is 0.455. The summed E-state index contributed by atoms with van der Waals surface area (Å²) < 4.78 is 0. The van der Waals surface area contributed by atoms with E-state index in [1.54, 1.807) is 12.4 Å². The first-order valence-electron chi connectivity index (χ1n) is 4.35. The highest BCUT2D eigenvalue weighted by molar-refractivity contribution is 5.47. The van der Waals surface area contributed by atoms with Crippen molar-refractivity contribution in [1.29, 1.82) is 0 Å². The van der Waals surface area contributed by atoms with Gasteiger partial charge >= 0.3 is 0 Å². The molecular formula is C11H18N2O. The monoisotopic (exact) mass is 194 g/mol. The van der Waals surface area contributed by atoms with E-state index in [1.807, 2.05) is 12.1 Å². The fourth-order valence-corrected chi connectivity index (χ4v) is 1.31. The first-order chi connectivity index (χ1) is 6.25. The Bertz CT molecular complexity index is 259. The zero-order valence-electron chi connectivity index (χ0n) is 7.90. The molecular weight excluding hydrogens is 176 g/mol. The van der Waals surface area contributed by atoms with E-state index in [-0.39, 0.29) is 13.5 Å². The molecule has 0 radical (unpaired) electrons. The lowest BCUT2D eigenvalue weighted by Crippen LogP contribution is -2.24. The second-order valence-electron chi connectivity index (χ2n) is 3.29. The van der Waals surface area contributed by atoms with Crippen molar-refractivity contribution < 1.29 is 4.79 Å². The Labute approximate surface area is 85.6 Å². The lowest BCUT2D eigenvalue weighted by molar-refractivity contribution is -0.110. The Kier molecular flexibility index (Phi) is 5.53. The van der Waals surface area contributed by atoms with Crippen LogP contribution < -0.4 is 5.32 Å². The maximum Gasteiger partial charge on any atom is 0.207 e. The number of hydrogen-bond donors (Lipinski definition) is 1. The van der Waals surface area contributed by atoms with Gasteiger partial charge in [-0.3, -0.25) is 9.78 Å². The smallest absolute Gasteiger partial charge is 0.207 e. The van der Waals surface area contributed by atoms with Crippen molar-refractivity contribution in [3.8, 4) is 0 Å². The van der Waals surface area contributed by atoms with Crippen molar-refractivity contribution in [2.24, 2.45) is 5.92 Å². The first-order valence-corrected chi connectivity index (χ1v) is 4.35. The molecule has 1 atom stereocenters. The minimum absolute atomic E-state index is 0. The van der Waals surface area contributed by atoms with Crippen molar-refractivity contribution in [1.82, 2.24) is 10.3 Å². The summed E-state index contributed by atoms with van der Waals surface area (Å²) >= 11 is 0. The highest BCUT2D eigenvalue weighted by Gasteiger charge is 2.13. The number of nitrogens with zero attached hydrogens (tertiary/aromatic N) is 1. The van der Waals surface area contributed by atoms with Crippen LogP contribution in [-0.2, 0) is 4.79 Å². The summed E-state index contributed by atoms with van der Waals surface area (Å²) in [5, 5.41) is 2.78. The minimum atomic E-state index is 0. The molecule has 1 aromatic rings. The molecule has 3 nitrogen and oxygen atoms in total. The molecule has 1 heterocycles. The molecule has 14 heavy (non-hydrogen) atoms. The van der Waals surface area contributed by atoms with Crippen LogP contribution in [0.5, 0.6) is 0 Å². The Morgan fingerprint density at radius 3 is 2.64 bits per heavy atom. The molecule has 1 rings (SSSR count). The van der Waals surface area contributed by atoms with Crippen LogP contribution >= 0.6 is 0 Å². The normalized spacial score (nSPS) is 11.6. The average molecular weight is 194 g/mol. The van der Waals surface area contributed by atoms with Crippen molar-refractivity contribution in [3.05, 3.63) is 30.1 Å². The number of rotatable bonds is 4. The second-order valence-corrected chi connectivity index (χ2v) is 3.29. The number of carbonyl (C=O) groups is 1. The molecule has 0 aliphatic rings. The largest absolute Gasteiger partial charge is 0.352 e. The summed E-state index contributed by atoms with van der Waals surface area (Å²) in [5.74, 6) is 0.370. The number of carbonyl (C=O) groups excluding carboxylic acids is 1. The van der Waals surface area contributed by atoms with Gasteiger partial charge in [0.25, 0.3) is 0 Å². The Morgan fingerprint density at radius 2 is 2.21 bits per heavy atom. The zero-order chi connectivity index (χ0) is 9.68. The quantitative estimate of drug-likeness (QED) is 0.746. The van der Waals surface area contributed by atoms with Gasteiger partial charge in [-0.1, -0.05) is 27.3 Å². The molecule has 0 bridgehead atoms. The van der Waals surface area contributed by atoms with Gasteiger partial charge in [-0.2, -0.15) is 0 Å². The molecule has 0 aromatic carbocycles. The van der Waals surface area contributed by atoms with E-state index in [1.165, 1.54) is 0 Å². The number of nitrogens with one attached hydrogen (secondary N) is 1. The molecule has 0 spiro atoms. The third-order valence-corrected chi connectivity index (χ3v) is 1.96. The summed E-state index contributed by atoms with van der Waals surface area (Å²) in [5.41, 5.74) is 1.05. The van der Waals surface area contributed by atoms with Crippen LogP contribution in [0.25, 0.3) is 0 Å². The molecule has 1 unspecified atom stereocenters. The molecule has 1 aromatic heterocycles. The van der Waals surface area contributed by atoms with Gasteiger partial charge in [-0.15, -0.1) is 0 Å². The Hall–Kier alpha value is -1.38. The van der Waals surface area contributed by atoms with Gasteiger partial charge in [0.15, 0.2) is 0 Å². The van der Waals surface area contributed by atoms with Gasteiger partial charge < -0.3 is 5.32 Å². The van der Waals surface area contributed by atoms with E-state index in [0.29, 0.717) is 5.92 Å². The Balaban J connectivity index is 0.00000169. The van der Waals surface area contributed by atoms with Crippen LogP contribution in [-0.4, -0.2) is 11.4 Å². The maximum absolute atomic E-state index is 10.4. The number of aromatic nitrogens is 1. The molecule has 78 valence electrons. The van der Waals surface area contributed by atoms with E-state index in [2.05, 4.69) is 24.1 Å². The van der Waals surface area contributed by atoms with E-state index in [9.17, 15) is 4.79 Å². The van der Waals surface area contributed by atoms with Crippen LogP contribution in [0.1, 0.15) is 32.9 Å². The molecule has 0 saturated heterocycles. The second kappa shape index (κ2) is 6.13. The predicted octanol–water partition coefficient (Wildman–Crippen LogP) is 2.16. The van der Waals surface area contributed by atoms with E-state index in [0.717, 1.165) is 12.0 Å². The fourth-order valence-electron chi connectivity index (χ4n) is 1.31. The van der Waals surface area contributed by atoms with Gasteiger partial charge in [0.2, 0.25) is 6.41 Å². The number of pyridine rings is 1. The first kappa shape index (κ1) is 12.6. The average Bonchev–Trinajstić information content (AvgIpc) is 2.15. The van der Waals surface area contributed by atoms with E-state index in [4.69, 9.17) is 0 Å². The summed E-state index contributed by atoms with van der Waals surface area (Å²) in [6.45, 7) is 4.13. The molecule has 1 amide bonds. The summed E-state index contributed by atoms with van der Waals surface area (Å²) in [6, 6.07) is 3.90. The molecule has 0 aliphatic heterocycles. The van der Waals surface area contributed by atoms with Crippen molar-refractivity contribution in [3.63, 3.8) is 0 Å². The maximum atomic E-state index is 10.4. The lowest BCUT2D eigenvalue weighted by atomic mass is 9.98. The standard InChI is InChI=1S/C10H14N2O.CH4/c1-8(2)10(12-7-13)9-4-3-5-11-6-9;/h3-8,10H,1-2H3,(H,12,13);1H4. The number of hydrogen-bond acceptors (Lipinski definition) is 2. The van der Waals surface area contributed by atoms with Crippen molar-refractivity contribution >= 4 is 6.41 Å².